The van der Waals surface area contributed by atoms with Crippen molar-refractivity contribution in [2.75, 3.05) is 5.32 Å². The lowest BCUT2D eigenvalue weighted by Crippen LogP contribution is -2.30. The number of esters is 1. The summed E-state index contributed by atoms with van der Waals surface area (Å²) in [6.07, 6.45) is -0.989. The number of carbonyl (C=O) groups excluding carboxylic acids is 3. The van der Waals surface area contributed by atoms with Crippen LogP contribution in [0.1, 0.15) is 39.6 Å². The second-order valence-electron chi connectivity index (χ2n) is 6.47. The molecule has 1 N–H and O–H groups in total. The minimum Gasteiger partial charge on any atom is -0.448 e. The number of aryl methyl sites for hydroxylation is 1. The zero-order valence-corrected chi connectivity index (χ0v) is 17.1. The first-order chi connectivity index (χ1) is 13.8. The predicted octanol–water partition coefficient (Wildman–Crippen LogP) is 4.51. The van der Waals surface area contributed by atoms with E-state index in [2.05, 4.69) is 10.3 Å². The molecule has 1 aromatic heterocycles. The third-order valence-electron chi connectivity index (χ3n) is 4.21. The monoisotopic (exact) mass is 408 g/mol. The largest absolute Gasteiger partial charge is 0.448 e. The Kier molecular flexibility index (Phi) is 6.19. The van der Waals surface area contributed by atoms with Gasteiger partial charge in [0.25, 0.3) is 5.91 Å². The Hall–Kier alpha value is -3.32. The van der Waals surface area contributed by atoms with Crippen LogP contribution < -0.4 is 5.32 Å². The minimum atomic E-state index is -0.989. The Labute approximate surface area is 172 Å². The van der Waals surface area contributed by atoms with Crippen molar-refractivity contribution in [2.45, 2.75) is 26.9 Å². The predicted molar refractivity (Wildman–Crippen MR) is 112 cm³/mol. The Morgan fingerprint density at radius 2 is 1.69 bits per heavy atom. The molecule has 1 heterocycles. The number of aromatic nitrogens is 1. The van der Waals surface area contributed by atoms with E-state index >= 15 is 0 Å². The first kappa shape index (κ1) is 20.4. The van der Waals surface area contributed by atoms with Gasteiger partial charge < -0.3 is 10.1 Å². The lowest BCUT2D eigenvalue weighted by Gasteiger charge is -2.13. The fraction of sp³-hybridized carbons (Fsp3) is 0.182. The lowest BCUT2D eigenvalue weighted by atomic mass is 10.1. The summed E-state index contributed by atoms with van der Waals surface area (Å²) in [6, 6.07) is 16.1. The van der Waals surface area contributed by atoms with Gasteiger partial charge in [-0.1, -0.05) is 30.3 Å². The van der Waals surface area contributed by atoms with E-state index in [1.54, 1.807) is 31.2 Å². The molecule has 0 fully saturated rings. The van der Waals surface area contributed by atoms with Gasteiger partial charge in [-0.05, 0) is 45.0 Å². The molecule has 0 aliphatic rings. The SMILES string of the molecule is CC(=O)c1ccc(NC(=O)[C@@H](C)OC(=O)c2sc(-c3ccccc3)nc2C)cc1. The van der Waals surface area contributed by atoms with Crippen molar-refractivity contribution in [1.82, 2.24) is 4.98 Å². The van der Waals surface area contributed by atoms with Crippen LogP contribution in [-0.4, -0.2) is 28.7 Å². The van der Waals surface area contributed by atoms with Crippen molar-refractivity contribution in [3.05, 3.63) is 70.7 Å². The molecule has 0 saturated carbocycles. The number of hydrogen-bond acceptors (Lipinski definition) is 6. The molecule has 0 radical (unpaired) electrons. The Morgan fingerprint density at radius 1 is 1.03 bits per heavy atom. The Balaban J connectivity index is 1.65. The topological polar surface area (TPSA) is 85.4 Å². The molecular weight excluding hydrogens is 388 g/mol. The van der Waals surface area contributed by atoms with Crippen molar-refractivity contribution in [3.63, 3.8) is 0 Å². The van der Waals surface area contributed by atoms with Crippen LogP contribution in [0.15, 0.2) is 54.6 Å². The van der Waals surface area contributed by atoms with E-state index in [1.807, 2.05) is 30.3 Å². The minimum absolute atomic E-state index is 0.0556. The van der Waals surface area contributed by atoms with Crippen molar-refractivity contribution in [3.8, 4) is 10.6 Å². The highest BCUT2D eigenvalue weighted by atomic mass is 32.1. The summed E-state index contributed by atoms with van der Waals surface area (Å²) in [4.78, 5) is 41.0. The third kappa shape index (κ3) is 4.94. The summed E-state index contributed by atoms with van der Waals surface area (Å²) in [7, 11) is 0. The maximum absolute atomic E-state index is 12.5. The third-order valence-corrected chi connectivity index (χ3v) is 5.40. The van der Waals surface area contributed by atoms with E-state index in [0.717, 1.165) is 10.6 Å². The molecule has 2 aromatic carbocycles. The maximum Gasteiger partial charge on any atom is 0.351 e. The second-order valence-corrected chi connectivity index (χ2v) is 7.47. The molecule has 3 rings (SSSR count). The fourth-order valence-electron chi connectivity index (χ4n) is 2.59. The van der Waals surface area contributed by atoms with Gasteiger partial charge in [0.15, 0.2) is 11.9 Å². The number of Topliss-reactive ketones (excluding diaryl/α,β-unsaturated/α-hetero) is 1. The van der Waals surface area contributed by atoms with Gasteiger partial charge >= 0.3 is 5.97 Å². The first-order valence-corrected chi connectivity index (χ1v) is 9.82. The molecule has 0 aliphatic carbocycles. The molecule has 0 aliphatic heterocycles. The van der Waals surface area contributed by atoms with Crippen LogP contribution in [0.25, 0.3) is 10.6 Å². The average Bonchev–Trinajstić information content (AvgIpc) is 3.11. The van der Waals surface area contributed by atoms with Gasteiger partial charge in [0.2, 0.25) is 0 Å². The molecular formula is C22H20N2O4S. The van der Waals surface area contributed by atoms with Gasteiger partial charge in [0.05, 0.1) is 5.69 Å². The van der Waals surface area contributed by atoms with Crippen molar-refractivity contribution < 1.29 is 19.1 Å². The maximum atomic E-state index is 12.5. The normalized spacial score (nSPS) is 11.6. The quantitative estimate of drug-likeness (QED) is 0.479. The van der Waals surface area contributed by atoms with Crippen molar-refractivity contribution in [1.29, 1.82) is 0 Å². The number of carbonyl (C=O) groups is 3. The van der Waals surface area contributed by atoms with E-state index < -0.39 is 18.0 Å². The molecule has 0 spiro atoms. The first-order valence-electron chi connectivity index (χ1n) is 9.01. The number of nitrogens with one attached hydrogen (secondary N) is 1. The number of anilines is 1. The van der Waals surface area contributed by atoms with Gasteiger partial charge in [-0.2, -0.15) is 0 Å². The Bertz CT molecular complexity index is 1040. The molecule has 7 heteroatoms. The summed E-state index contributed by atoms with van der Waals surface area (Å²) in [5.41, 5.74) is 2.55. The smallest absolute Gasteiger partial charge is 0.351 e. The molecule has 3 aromatic rings. The Morgan fingerprint density at radius 3 is 2.31 bits per heavy atom. The summed E-state index contributed by atoms with van der Waals surface area (Å²) >= 11 is 1.23. The molecule has 0 bridgehead atoms. The summed E-state index contributed by atoms with van der Waals surface area (Å²) < 4.78 is 5.33. The van der Waals surface area contributed by atoms with E-state index in [1.165, 1.54) is 25.2 Å². The number of hydrogen-bond donors (Lipinski definition) is 1. The summed E-state index contributed by atoms with van der Waals surface area (Å²) in [5, 5.41) is 3.39. The van der Waals surface area contributed by atoms with Gasteiger partial charge in [-0.3, -0.25) is 9.59 Å². The van der Waals surface area contributed by atoms with Crippen molar-refractivity contribution in [2.24, 2.45) is 0 Å². The van der Waals surface area contributed by atoms with E-state index in [4.69, 9.17) is 4.74 Å². The van der Waals surface area contributed by atoms with Gasteiger partial charge in [-0.15, -0.1) is 11.3 Å². The van der Waals surface area contributed by atoms with Crippen molar-refractivity contribution >= 4 is 34.7 Å². The van der Waals surface area contributed by atoms with Crippen LogP contribution in [0, 0.1) is 6.92 Å². The highest BCUT2D eigenvalue weighted by molar-refractivity contribution is 7.17. The van der Waals surface area contributed by atoms with Crippen LogP contribution in [0.4, 0.5) is 5.69 Å². The summed E-state index contributed by atoms with van der Waals surface area (Å²) in [5.74, 6) is -1.10. The number of thiazole rings is 1. The summed E-state index contributed by atoms with van der Waals surface area (Å²) in [6.45, 7) is 4.71. The molecule has 0 unspecified atom stereocenters. The molecule has 1 amide bonds. The zero-order chi connectivity index (χ0) is 21.0. The fourth-order valence-corrected chi connectivity index (χ4v) is 3.54. The molecule has 0 saturated heterocycles. The number of ether oxygens (including phenoxy) is 1. The van der Waals surface area contributed by atoms with Gasteiger partial charge in [0, 0.05) is 16.8 Å². The number of amides is 1. The zero-order valence-electron chi connectivity index (χ0n) is 16.3. The van der Waals surface area contributed by atoms with Gasteiger partial charge in [0.1, 0.15) is 9.88 Å². The van der Waals surface area contributed by atoms with Crippen LogP contribution in [0.2, 0.25) is 0 Å². The number of nitrogens with zero attached hydrogens (tertiary/aromatic N) is 1. The average molecular weight is 408 g/mol. The standard InChI is InChI=1S/C22H20N2O4S/c1-13-19(29-21(23-13)17-7-5-4-6-8-17)22(27)28-15(3)20(26)24-18-11-9-16(10-12-18)14(2)25/h4-12,15H,1-3H3,(H,24,26)/t15-/m1/s1. The molecule has 1 atom stereocenters. The van der Waals surface area contributed by atoms with E-state index in [0.29, 0.717) is 21.8 Å². The lowest BCUT2D eigenvalue weighted by molar-refractivity contribution is -0.123. The van der Waals surface area contributed by atoms with E-state index in [9.17, 15) is 14.4 Å². The van der Waals surface area contributed by atoms with E-state index in [-0.39, 0.29) is 5.78 Å². The molecule has 29 heavy (non-hydrogen) atoms. The molecule has 6 nitrogen and oxygen atoms in total. The van der Waals surface area contributed by atoms with Crippen LogP contribution in [0.5, 0.6) is 0 Å². The van der Waals surface area contributed by atoms with Crippen LogP contribution in [-0.2, 0) is 9.53 Å². The highest BCUT2D eigenvalue weighted by Gasteiger charge is 2.23. The molecule has 148 valence electrons. The van der Waals surface area contributed by atoms with Crippen LogP contribution in [0.3, 0.4) is 0 Å². The number of rotatable bonds is 6. The van der Waals surface area contributed by atoms with Crippen LogP contribution >= 0.6 is 11.3 Å². The number of benzene rings is 2. The van der Waals surface area contributed by atoms with Gasteiger partial charge in [-0.25, -0.2) is 9.78 Å². The number of ketones is 1. The highest BCUT2D eigenvalue weighted by Crippen LogP contribution is 2.28. The second kappa shape index (κ2) is 8.79.